The van der Waals surface area contributed by atoms with E-state index in [1.54, 1.807) is 12.1 Å². The monoisotopic (exact) mass is 393 g/mol. The molecule has 0 fully saturated rings. The van der Waals surface area contributed by atoms with E-state index in [-0.39, 0.29) is 5.91 Å². The lowest BCUT2D eigenvalue weighted by molar-refractivity contribution is 0.102. The molecule has 0 atom stereocenters. The largest absolute Gasteiger partial charge is 0.494 e. The summed E-state index contributed by atoms with van der Waals surface area (Å²) in [6, 6.07) is 13.4. The molecule has 1 aliphatic rings. The smallest absolute Gasteiger partial charge is 0.256 e. The lowest BCUT2D eigenvalue weighted by Gasteiger charge is -2.12. The van der Waals surface area contributed by atoms with Crippen LogP contribution in [0.1, 0.15) is 39.7 Å². The van der Waals surface area contributed by atoms with E-state index < -0.39 is 0 Å². The van der Waals surface area contributed by atoms with E-state index in [2.05, 4.69) is 31.3 Å². The summed E-state index contributed by atoms with van der Waals surface area (Å²) < 4.78 is 7.32. The third-order valence-corrected chi connectivity index (χ3v) is 5.92. The second kappa shape index (κ2) is 7.72. The van der Waals surface area contributed by atoms with Crippen LogP contribution in [0.5, 0.6) is 5.75 Å². The van der Waals surface area contributed by atoms with Gasteiger partial charge in [0.05, 0.1) is 18.0 Å². The van der Waals surface area contributed by atoms with Gasteiger partial charge in [-0.3, -0.25) is 4.79 Å². The summed E-state index contributed by atoms with van der Waals surface area (Å²) in [7, 11) is 0. The summed E-state index contributed by atoms with van der Waals surface area (Å²) in [5, 5.41) is 7.88. The molecule has 1 aromatic heterocycles. The quantitative estimate of drug-likeness (QED) is 0.671. The van der Waals surface area contributed by atoms with E-state index in [0.29, 0.717) is 12.2 Å². The molecule has 3 aromatic rings. The Kier molecular flexibility index (Phi) is 5.13. The minimum Gasteiger partial charge on any atom is -0.494 e. The first-order valence-electron chi connectivity index (χ1n) is 9.37. The fraction of sp³-hybridized carbons (Fsp3) is 0.273. The molecule has 2 heterocycles. The number of nitrogens with zero attached hydrogens (tertiary/aromatic N) is 2. The number of rotatable bonds is 5. The molecule has 4 rings (SSSR count). The van der Waals surface area contributed by atoms with Crippen LogP contribution in [0.15, 0.2) is 42.5 Å². The molecule has 144 valence electrons. The summed E-state index contributed by atoms with van der Waals surface area (Å²) in [6.07, 6.45) is 0. The highest BCUT2D eigenvalue weighted by Crippen LogP contribution is 2.36. The van der Waals surface area contributed by atoms with E-state index >= 15 is 0 Å². The highest BCUT2D eigenvalue weighted by atomic mass is 32.2. The molecule has 0 unspecified atom stereocenters. The minimum atomic E-state index is -0.146. The molecule has 0 bridgehead atoms. The third-order valence-electron chi connectivity index (χ3n) is 4.95. The second-order valence-electron chi connectivity index (χ2n) is 6.86. The fourth-order valence-corrected chi connectivity index (χ4v) is 4.27. The molecule has 6 heteroatoms. The van der Waals surface area contributed by atoms with Crippen molar-refractivity contribution in [1.29, 1.82) is 0 Å². The van der Waals surface area contributed by atoms with Gasteiger partial charge in [-0.05, 0) is 68.3 Å². The first-order valence-corrected chi connectivity index (χ1v) is 10.5. The van der Waals surface area contributed by atoms with Crippen molar-refractivity contribution in [2.24, 2.45) is 0 Å². The van der Waals surface area contributed by atoms with Gasteiger partial charge in [0.25, 0.3) is 5.91 Å². The van der Waals surface area contributed by atoms with Gasteiger partial charge in [0.15, 0.2) is 0 Å². The Morgan fingerprint density at radius 2 is 1.93 bits per heavy atom. The van der Waals surface area contributed by atoms with Crippen molar-refractivity contribution < 1.29 is 9.53 Å². The molecule has 1 aliphatic heterocycles. The van der Waals surface area contributed by atoms with Gasteiger partial charge < -0.3 is 10.1 Å². The SMILES string of the molecule is CCOc1ccc(C(=O)Nc2c3c(nn2-c2ccc(C)c(C)c2)CSC3)cc1. The zero-order chi connectivity index (χ0) is 19.7. The van der Waals surface area contributed by atoms with Crippen LogP contribution in [-0.2, 0) is 11.5 Å². The molecule has 1 N–H and O–H groups in total. The van der Waals surface area contributed by atoms with Gasteiger partial charge in [-0.25, -0.2) is 4.68 Å². The number of carbonyl (C=O) groups is 1. The van der Waals surface area contributed by atoms with Crippen molar-refractivity contribution in [3.63, 3.8) is 0 Å². The lowest BCUT2D eigenvalue weighted by atomic mass is 10.1. The molecule has 2 aromatic carbocycles. The molecule has 28 heavy (non-hydrogen) atoms. The van der Waals surface area contributed by atoms with Crippen molar-refractivity contribution in [3.8, 4) is 11.4 Å². The number of ether oxygens (including phenoxy) is 1. The summed E-state index contributed by atoms with van der Waals surface area (Å²) in [5.74, 6) is 3.12. The molecule has 0 saturated heterocycles. The van der Waals surface area contributed by atoms with Gasteiger partial charge >= 0.3 is 0 Å². The lowest BCUT2D eigenvalue weighted by Crippen LogP contribution is -2.16. The van der Waals surface area contributed by atoms with E-state index in [1.165, 1.54) is 11.1 Å². The van der Waals surface area contributed by atoms with Crippen LogP contribution >= 0.6 is 11.8 Å². The summed E-state index contributed by atoms with van der Waals surface area (Å²) >= 11 is 1.82. The van der Waals surface area contributed by atoms with Gasteiger partial charge in [-0.2, -0.15) is 16.9 Å². The van der Waals surface area contributed by atoms with Crippen LogP contribution < -0.4 is 10.1 Å². The Balaban J connectivity index is 1.67. The number of carbonyl (C=O) groups excluding carboxylic acids is 1. The molecule has 0 radical (unpaired) electrons. The van der Waals surface area contributed by atoms with E-state index in [1.807, 2.05) is 41.6 Å². The maximum absolute atomic E-state index is 12.9. The van der Waals surface area contributed by atoms with Crippen LogP contribution in [0, 0.1) is 13.8 Å². The van der Waals surface area contributed by atoms with Crippen molar-refractivity contribution in [3.05, 3.63) is 70.4 Å². The normalized spacial score (nSPS) is 12.7. The molecule has 0 spiro atoms. The van der Waals surface area contributed by atoms with Gasteiger partial charge in [-0.15, -0.1) is 0 Å². The first-order chi connectivity index (χ1) is 13.6. The van der Waals surface area contributed by atoms with Crippen molar-refractivity contribution >= 4 is 23.5 Å². The maximum atomic E-state index is 12.9. The van der Waals surface area contributed by atoms with E-state index in [0.717, 1.165) is 40.0 Å². The summed E-state index contributed by atoms with van der Waals surface area (Å²) in [4.78, 5) is 12.9. The highest BCUT2D eigenvalue weighted by Gasteiger charge is 2.25. The number of anilines is 1. The number of hydrogen-bond acceptors (Lipinski definition) is 4. The van der Waals surface area contributed by atoms with Crippen LogP contribution in [0.3, 0.4) is 0 Å². The number of benzene rings is 2. The van der Waals surface area contributed by atoms with Crippen LogP contribution in [0.25, 0.3) is 5.69 Å². The molecule has 5 nitrogen and oxygen atoms in total. The van der Waals surface area contributed by atoms with E-state index in [9.17, 15) is 4.79 Å². The maximum Gasteiger partial charge on any atom is 0.256 e. The standard InChI is InChI=1S/C22H23N3O2S/c1-4-27-18-9-6-16(7-10-18)22(26)23-21-19-12-28-13-20(19)24-25(21)17-8-5-14(2)15(3)11-17/h5-11H,4,12-13H2,1-3H3,(H,23,26). The molecule has 0 saturated carbocycles. The number of fused-ring (bicyclic) bond motifs is 1. The van der Waals surface area contributed by atoms with Crippen LogP contribution in [0.4, 0.5) is 5.82 Å². The van der Waals surface area contributed by atoms with Gasteiger partial charge in [0.2, 0.25) is 0 Å². The molecular weight excluding hydrogens is 370 g/mol. The number of aromatic nitrogens is 2. The Morgan fingerprint density at radius 3 is 2.64 bits per heavy atom. The number of nitrogens with one attached hydrogen (secondary N) is 1. The van der Waals surface area contributed by atoms with Gasteiger partial charge in [-0.1, -0.05) is 6.07 Å². The van der Waals surface area contributed by atoms with Gasteiger partial charge in [0, 0.05) is 22.6 Å². The molecule has 1 amide bonds. The predicted octanol–water partition coefficient (Wildman–Crippen LogP) is 4.89. The Morgan fingerprint density at radius 1 is 1.14 bits per heavy atom. The van der Waals surface area contributed by atoms with Crippen LogP contribution in [0.2, 0.25) is 0 Å². The van der Waals surface area contributed by atoms with Crippen LogP contribution in [-0.4, -0.2) is 22.3 Å². The van der Waals surface area contributed by atoms with Crippen molar-refractivity contribution in [2.75, 3.05) is 11.9 Å². The minimum absolute atomic E-state index is 0.146. The average molecular weight is 394 g/mol. The van der Waals surface area contributed by atoms with Gasteiger partial charge in [0.1, 0.15) is 11.6 Å². The molecular formula is C22H23N3O2S. The van der Waals surface area contributed by atoms with Crippen molar-refractivity contribution in [1.82, 2.24) is 9.78 Å². The van der Waals surface area contributed by atoms with Crippen molar-refractivity contribution in [2.45, 2.75) is 32.3 Å². The predicted molar refractivity (Wildman–Crippen MR) is 114 cm³/mol. The Hall–Kier alpha value is -2.73. The Labute approximate surface area is 169 Å². The third kappa shape index (κ3) is 3.52. The summed E-state index contributed by atoms with van der Waals surface area (Å²) in [5.41, 5.74) is 6.15. The molecule has 0 aliphatic carbocycles. The second-order valence-corrected chi connectivity index (χ2v) is 7.84. The highest BCUT2D eigenvalue weighted by molar-refractivity contribution is 7.98. The Bertz CT molecular complexity index is 1030. The average Bonchev–Trinajstić information content (AvgIpc) is 3.27. The number of amides is 1. The fourth-order valence-electron chi connectivity index (χ4n) is 3.23. The van der Waals surface area contributed by atoms with E-state index in [4.69, 9.17) is 9.84 Å². The topological polar surface area (TPSA) is 56.1 Å². The zero-order valence-electron chi connectivity index (χ0n) is 16.3. The number of thioether (sulfide) groups is 1. The number of aryl methyl sites for hydroxylation is 2. The first kappa shape index (κ1) is 18.6. The zero-order valence-corrected chi connectivity index (χ0v) is 17.1. The number of hydrogen-bond donors (Lipinski definition) is 1. The summed E-state index contributed by atoms with van der Waals surface area (Å²) in [6.45, 7) is 6.72.